The molecule has 0 spiro atoms. The SMILES string of the molecule is CC(C)C(=O)N1CCCC1C(=O)N1CCN(S(=O)(=O)c2ccc(F)c(F)c2F)CC1. The number of sulfonamides is 1. The second-order valence-corrected chi connectivity index (χ2v) is 9.65. The molecule has 1 aromatic rings. The molecule has 7 nitrogen and oxygen atoms in total. The lowest BCUT2D eigenvalue weighted by Gasteiger charge is -2.37. The number of carbonyl (C=O) groups excluding carboxylic acids is 2. The fourth-order valence-corrected chi connectivity index (χ4v) is 5.30. The molecule has 2 heterocycles. The van der Waals surface area contributed by atoms with E-state index in [2.05, 4.69) is 0 Å². The van der Waals surface area contributed by atoms with Gasteiger partial charge in [0.25, 0.3) is 0 Å². The summed E-state index contributed by atoms with van der Waals surface area (Å²) in [4.78, 5) is 27.4. The van der Waals surface area contributed by atoms with Crippen molar-refractivity contribution in [1.29, 1.82) is 0 Å². The minimum Gasteiger partial charge on any atom is -0.338 e. The van der Waals surface area contributed by atoms with Gasteiger partial charge in [0.05, 0.1) is 0 Å². The summed E-state index contributed by atoms with van der Waals surface area (Å²) in [6, 6.07) is 0.687. The molecule has 0 radical (unpaired) electrons. The molecule has 0 N–H and O–H groups in total. The predicted molar refractivity (Wildman–Crippen MR) is 101 cm³/mol. The van der Waals surface area contributed by atoms with Crippen LogP contribution in [0.2, 0.25) is 0 Å². The van der Waals surface area contributed by atoms with E-state index in [9.17, 15) is 31.2 Å². The van der Waals surface area contributed by atoms with Crippen molar-refractivity contribution in [1.82, 2.24) is 14.1 Å². The van der Waals surface area contributed by atoms with Gasteiger partial charge in [0, 0.05) is 38.6 Å². The van der Waals surface area contributed by atoms with E-state index in [-0.39, 0.29) is 43.9 Å². The molecule has 0 saturated carbocycles. The van der Waals surface area contributed by atoms with Crippen LogP contribution in [-0.4, -0.2) is 73.1 Å². The third kappa shape index (κ3) is 4.04. The first kappa shape index (κ1) is 22.5. The summed E-state index contributed by atoms with van der Waals surface area (Å²) < 4.78 is 66.8. The largest absolute Gasteiger partial charge is 0.338 e. The zero-order valence-electron chi connectivity index (χ0n) is 16.8. The van der Waals surface area contributed by atoms with Crippen molar-refractivity contribution in [3.05, 3.63) is 29.6 Å². The molecule has 30 heavy (non-hydrogen) atoms. The average Bonchev–Trinajstić information content (AvgIpc) is 3.20. The van der Waals surface area contributed by atoms with E-state index in [0.717, 1.165) is 10.7 Å². The number of hydrogen-bond donors (Lipinski definition) is 0. The summed E-state index contributed by atoms with van der Waals surface area (Å²) in [7, 11) is -4.39. The zero-order chi connectivity index (χ0) is 22.2. The van der Waals surface area contributed by atoms with Crippen molar-refractivity contribution in [3.63, 3.8) is 0 Å². The number of hydrogen-bond acceptors (Lipinski definition) is 4. The maximum absolute atomic E-state index is 14.0. The van der Waals surface area contributed by atoms with Crippen LogP contribution in [0.15, 0.2) is 17.0 Å². The van der Waals surface area contributed by atoms with Crippen LogP contribution in [-0.2, 0) is 19.6 Å². The molecule has 1 aromatic carbocycles. The molecule has 3 rings (SSSR count). The molecule has 0 aliphatic carbocycles. The highest BCUT2D eigenvalue weighted by molar-refractivity contribution is 7.89. The van der Waals surface area contributed by atoms with E-state index >= 15 is 0 Å². The monoisotopic (exact) mass is 447 g/mol. The summed E-state index contributed by atoms with van der Waals surface area (Å²) in [6.07, 6.45) is 1.27. The Morgan fingerprint density at radius 1 is 1.00 bits per heavy atom. The number of likely N-dealkylation sites (tertiary alicyclic amines) is 1. The Labute approximate surface area is 173 Å². The van der Waals surface area contributed by atoms with Crippen LogP contribution in [0.3, 0.4) is 0 Å². The Morgan fingerprint density at radius 3 is 2.23 bits per heavy atom. The normalized spacial score (nSPS) is 20.8. The predicted octanol–water partition coefficient (Wildman–Crippen LogP) is 1.58. The van der Waals surface area contributed by atoms with E-state index in [0.29, 0.717) is 25.1 Å². The molecule has 1 atom stereocenters. The molecule has 2 fully saturated rings. The van der Waals surface area contributed by atoms with Gasteiger partial charge in [-0.15, -0.1) is 0 Å². The van der Waals surface area contributed by atoms with Gasteiger partial charge in [-0.1, -0.05) is 13.8 Å². The fraction of sp³-hybridized carbons (Fsp3) is 0.579. The molecule has 2 amide bonds. The molecule has 0 bridgehead atoms. The molecule has 2 saturated heterocycles. The Bertz CT molecular complexity index is 947. The fourth-order valence-electron chi connectivity index (χ4n) is 3.82. The van der Waals surface area contributed by atoms with Crippen LogP contribution in [0.1, 0.15) is 26.7 Å². The highest BCUT2D eigenvalue weighted by Gasteiger charge is 2.39. The molecule has 11 heteroatoms. The molecule has 0 aromatic heterocycles. The first-order valence-electron chi connectivity index (χ1n) is 9.78. The smallest absolute Gasteiger partial charge is 0.246 e. The van der Waals surface area contributed by atoms with Crippen LogP contribution in [0.4, 0.5) is 13.2 Å². The Kier molecular flexibility index (Phi) is 6.42. The van der Waals surface area contributed by atoms with Crippen LogP contribution in [0.5, 0.6) is 0 Å². The van der Waals surface area contributed by atoms with E-state index in [4.69, 9.17) is 0 Å². The van der Waals surface area contributed by atoms with Crippen LogP contribution >= 0.6 is 0 Å². The summed E-state index contributed by atoms with van der Waals surface area (Å²) in [5.41, 5.74) is 0. The zero-order valence-corrected chi connectivity index (χ0v) is 17.6. The lowest BCUT2D eigenvalue weighted by atomic mass is 10.1. The topological polar surface area (TPSA) is 78.0 Å². The maximum atomic E-state index is 14.0. The standard InChI is InChI=1S/C19H24F3N3O4S/c1-12(2)18(26)25-7-3-4-14(25)19(27)23-8-10-24(11-9-23)30(28,29)15-6-5-13(20)16(21)17(15)22/h5-6,12,14H,3-4,7-11H2,1-2H3. The number of benzene rings is 1. The van der Waals surface area contributed by atoms with E-state index in [1.807, 2.05) is 0 Å². The van der Waals surface area contributed by atoms with Crippen LogP contribution in [0, 0.1) is 23.4 Å². The van der Waals surface area contributed by atoms with Crippen molar-refractivity contribution in [2.75, 3.05) is 32.7 Å². The number of piperazine rings is 1. The third-order valence-corrected chi connectivity index (χ3v) is 7.40. The molecular formula is C19H24F3N3O4S. The number of nitrogens with zero attached hydrogens (tertiary/aromatic N) is 3. The highest BCUT2D eigenvalue weighted by Crippen LogP contribution is 2.26. The summed E-state index contributed by atoms with van der Waals surface area (Å²) in [5.74, 6) is -5.65. The third-order valence-electron chi connectivity index (χ3n) is 5.48. The maximum Gasteiger partial charge on any atom is 0.246 e. The van der Waals surface area contributed by atoms with Gasteiger partial charge in [-0.3, -0.25) is 9.59 Å². The molecule has 2 aliphatic rings. The molecule has 1 unspecified atom stereocenters. The second kappa shape index (κ2) is 8.54. The molecule has 2 aliphatic heterocycles. The van der Waals surface area contributed by atoms with Gasteiger partial charge >= 0.3 is 0 Å². The van der Waals surface area contributed by atoms with Gasteiger partial charge in [0.1, 0.15) is 10.9 Å². The minimum atomic E-state index is -4.39. The van der Waals surface area contributed by atoms with Crippen molar-refractivity contribution >= 4 is 21.8 Å². The highest BCUT2D eigenvalue weighted by atomic mass is 32.2. The van der Waals surface area contributed by atoms with Crippen molar-refractivity contribution in [2.24, 2.45) is 5.92 Å². The van der Waals surface area contributed by atoms with Crippen molar-refractivity contribution in [2.45, 2.75) is 37.6 Å². The van der Waals surface area contributed by atoms with Gasteiger partial charge in [-0.25, -0.2) is 21.6 Å². The van der Waals surface area contributed by atoms with Gasteiger partial charge < -0.3 is 9.80 Å². The summed E-state index contributed by atoms with van der Waals surface area (Å²) in [6.45, 7) is 3.94. The van der Waals surface area contributed by atoms with Gasteiger partial charge in [-0.2, -0.15) is 4.31 Å². The first-order valence-corrected chi connectivity index (χ1v) is 11.2. The van der Waals surface area contributed by atoms with Gasteiger partial charge in [0.2, 0.25) is 21.8 Å². The van der Waals surface area contributed by atoms with Crippen molar-refractivity contribution < 1.29 is 31.2 Å². The summed E-state index contributed by atoms with van der Waals surface area (Å²) in [5, 5.41) is 0. The average molecular weight is 447 g/mol. The molecule has 166 valence electrons. The van der Waals surface area contributed by atoms with E-state index in [1.165, 1.54) is 4.90 Å². The first-order chi connectivity index (χ1) is 14.1. The second-order valence-electron chi connectivity index (χ2n) is 7.75. The quantitative estimate of drug-likeness (QED) is 0.657. The number of carbonyl (C=O) groups is 2. The van der Waals surface area contributed by atoms with Crippen LogP contribution < -0.4 is 0 Å². The van der Waals surface area contributed by atoms with Crippen LogP contribution in [0.25, 0.3) is 0 Å². The van der Waals surface area contributed by atoms with Gasteiger partial charge in [-0.05, 0) is 25.0 Å². The van der Waals surface area contributed by atoms with E-state index in [1.54, 1.807) is 18.7 Å². The van der Waals surface area contributed by atoms with Crippen molar-refractivity contribution in [3.8, 4) is 0 Å². The Morgan fingerprint density at radius 2 is 1.63 bits per heavy atom. The lowest BCUT2D eigenvalue weighted by molar-refractivity contribution is -0.146. The number of amides is 2. The number of halogens is 3. The Hall–Kier alpha value is -2.14. The minimum absolute atomic E-state index is 0.0591. The van der Waals surface area contributed by atoms with E-state index < -0.39 is 38.4 Å². The Balaban J connectivity index is 1.69. The number of rotatable bonds is 4. The molecular weight excluding hydrogens is 423 g/mol. The summed E-state index contributed by atoms with van der Waals surface area (Å²) >= 11 is 0. The lowest BCUT2D eigenvalue weighted by Crippen LogP contribution is -2.55. The van der Waals surface area contributed by atoms with Gasteiger partial charge in [0.15, 0.2) is 17.5 Å².